The molecule has 118 valence electrons. The lowest BCUT2D eigenvalue weighted by Gasteiger charge is -2.45. The zero-order valence-electron chi connectivity index (χ0n) is 13.9. The molecule has 1 heterocycles. The van der Waals surface area contributed by atoms with Gasteiger partial charge >= 0.3 is 0 Å². The zero-order valence-corrected chi connectivity index (χ0v) is 13.9. The summed E-state index contributed by atoms with van der Waals surface area (Å²) in [6.45, 7) is 6.53. The molecule has 2 nitrogen and oxygen atoms in total. The Hall–Kier alpha value is -1.02. The van der Waals surface area contributed by atoms with Gasteiger partial charge in [-0.2, -0.15) is 0 Å². The molecule has 21 heavy (non-hydrogen) atoms. The Labute approximate surface area is 130 Å². The summed E-state index contributed by atoms with van der Waals surface area (Å²) in [5.74, 6) is 0. The Bertz CT molecular complexity index is 429. The van der Waals surface area contributed by atoms with Gasteiger partial charge in [-0.3, -0.25) is 0 Å². The minimum Gasteiger partial charge on any atom is -0.365 e. The van der Waals surface area contributed by atoms with Gasteiger partial charge in [0.05, 0.1) is 0 Å². The van der Waals surface area contributed by atoms with Crippen molar-refractivity contribution in [2.75, 3.05) is 18.0 Å². The summed E-state index contributed by atoms with van der Waals surface area (Å²) in [5, 5.41) is 0. The molecule has 1 aromatic rings. The summed E-state index contributed by atoms with van der Waals surface area (Å²) < 4.78 is 0. The zero-order chi connectivity index (χ0) is 15.1. The van der Waals surface area contributed by atoms with Gasteiger partial charge in [0.15, 0.2) is 0 Å². The first-order valence-corrected chi connectivity index (χ1v) is 8.77. The van der Waals surface area contributed by atoms with Crippen molar-refractivity contribution in [1.82, 2.24) is 0 Å². The highest BCUT2D eigenvalue weighted by Gasteiger charge is 2.32. The van der Waals surface area contributed by atoms with Crippen LogP contribution in [-0.2, 0) is 6.42 Å². The first kappa shape index (κ1) is 16.4. The lowest BCUT2D eigenvalue weighted by atomic mass is 9.88. The van der Waals surface area contributed by atoms with E-state index in [0.29, 0.717) is 0 Å². The molecule has 0 aromatic heterocycles. The van der Waals surface area contributed by atoms with Crippen molar-refractivity contribution < 1.29 is 0 Å². The van der Waals surface area contributed by atoms with Gasteiger partial charge in [-0.05, 0) is 37.8 Å². The van der Waals surface area contributed by atoms with E-state index in [4.69, 9.17) is 5.73 Å². The van der Waals surface area contributed by atoms with Gasteiger partial charge in [-0.25, -0.2) is 0 Å². The standard InChI is InChI=1S/C19H32N2/c1-3-4-5-6-9-14-19(2,16-20)21-15-10-12-17-11-7-8-13-18(17)21/h7-8,11,13H,3-6,9-10,12,14-16,20H2,1-2H3. The molecule has 1 unspecified atom stereocenters. The molecule has 0 aliphatic carbocycles. The molecule has 2 N–H and O–H groups in total. The van der Waals surface area contributed by atoms with Crippen molar-refractivity contribution in [2.24, 2.45) is 5.73 Å². The van der Waals surface area contributed by atoms with Crippen LogP contribution in [-0.4, -0.2) is 18.6 Å². The smallest absolute Gasteiger partial charge is 0.0496 e. The molecule has 1 atom stereocenters. The van der Waals surface area contributed by atoms with Gasteiger partial charge in [0.25, 0.3) is 0 Å². The number of rotatable bonds is 8. The molecule has 0 saturated heterocycles. The number of benzene rings is 1. The summed E-state index contributed by atoms with van der Waals surface area (Å²) >= 11 is 0. The monoisotopic (exact) mass is 288 g/mol. The molecule has 0 saturated carbocycles. The Morgan fingerprint density at radius 1 is 1.14 bits per heavy atom. The van der Waals surface area contributed by atoms with E-state index < -0.39 is 0 Å². The summed E-state index contributed by atoms with van der Waals surface area (Å²) in [5.41, 5.74) is 9.22. The minimum atomic E-state index is 0.114. The molecule has 0 radical (unpaired) electrons. The van der Waals surface area contributed by atoms with Gasteiger partial charge in [0.1, 0.15) is 0 Å². The average molecular weight is 288 g/mol. The van der Waals surface area contributed by atoms with Gasteiger partial charge < -0.3 is 10.6 Å². The summed E-state index contributed by atoms with van der Waals surface area (Å²) in [7, 11) is 0. The van der Waals surface area contributed by atoms with E-state index in [1.54, 1.807) is 0 Å². The van der Waals surface area contributed by atoms with E-state index in [-0.39, 0.29) is 5.54 Å². The number of unbranched alkanes of at least 4 members (excludes halogenated alkanes) is 4. The van der Waals surface area contributed by atoms with Crippen molar-refractivity contribution >= 4 is 5.69 Å². The molecule has 2 heteroatoms. The quantitative estimate of drug-likeness (QED) is 0.713. The maximum absolute atomic E-state index is 6.19. The van der Waals surface area contributed by atoms with Crippen LogP contribution in [0.3, 0.4) is 0 Å². The Morgan fingerprint density at radius 3 is 2.67 bits per heavy atom. The SMILES string of the molecule is CCCCCCCC(C)(CN)N1CCCc2ccccc21. The number of nitrogens with zero attached hydrogens (tertiary/aromatic N) is 1. The van der Waals surface area contributed by atoms with Crippen molar-refractivity contribution in [3.05, 3.63) is 29.8 Å². The second-order valence-electron chi connectivity index (χ2n) is 6.75. The number of nitrogens with two attached hydrogens (primary N) is 1. The fourth-order valence-corrected chi connectivity index (χ4v) is 3.55. The normalized spacial score (nSPS) is 17.4. The van der Waals surface area contributed by atoms with Crippen LogP contribution in [0.1, 0.15) is 64.4 Å². The second kappa shape index (κ2) is 7.84. The first-order chi connectivity index (χ1) is 10.2. The van der Waals surface area contributed by atoms with Crippen LogP contribution in [0.5, 0.6) is 0 Å². The van der Waals surface area contributed by atoms with Crippen molar-refractivity contribution in [1.29, 1.82) is 0 Å². The number of para-hydroxylation sites is 1. The highest BCUT2D eigenvalue weighted by molar-refractivity contribution is 5.57. The van der Waals surface area contributed by atoms with E-state index in [2.05, 4.69) is 43.0 Å². The molecule has 0 fully saturated rings. The second-order valence-corrected chi connectivity index (χ2v) is 6.75. The van der Waals surface area contributed by atoms with E-state index in [1.165, 1.54) is 62.6 Å². The molecular formula is C19H32N2. The predicted molar refractivity (Wildman–Crippen MR) is 92.9 cm³/mol. The fourth-order valence-electron chi connectivity index (χ4n) is 3.55. The van der Waals surface area contributed by atoms with Crippen LogP contribution < -0.4 is 10.6 Å². The topological polar surface area (TPSA) is 29.3 Å². The van der Waals surface area contributed by atoms with Crippen LogP contribution in [0.4, 0.5) is 5.69 Å². The van der Waals surface area contributed by atoms with E-state index >= 15 is 0 Å². The third-order valence-corrected chi connectivity index (χ3v) is 5.02. The molecule has 1 aromatic carbocycles. The van der Waals surface area contributed by atoms with Crippen LogP contribution >= 0.6 is 0 Å². The van der Waals surface area contributed by atoms with Crippen LogP contribution in [0.25, 0.3) is 0 Å². The van der Waals surface area contributed by atoms with E-state index in [1.807, 2.05) is 0 Å². The van der Waals surface area contributed by atoms with Crippen LogP contribution in [0, 0.1) is 0 Å². The van der Waals surface area contributed by atoms with Crippen LogP contribution in [0.2, 0.25) is 0 Å². The molecule has 0 amide bonds. The van der Waals surface area contributed by atoms with Crippen molar-refractivity contribution in [3.63, 3.8) is 0 Å². The summed E-state index contributed by atoms with van der Waals surface area (Å²) in [6, 6.07) is 8.88. The highest BCUT2D eigenvalue weighted by Crippen LogP contribution is 2.34. The average Bonchev–Trinajstić information content (AvgIpc) is 2.54. The summed E-state index contributed by atoms with van der Waals surface area (Å²) in [6.07, 6.45) is 10.4. The van der Waals surface area contributed by atoms with Crippen LogP contribution in [0.15, 0.2) is 24.3 Å². The third kappa shape index (κ3) is 4.00. The number of hydrogen-bond acceptors (Lipinski definition) is 2. The number of anilines is 1. The summed E-state index contributed by atoms with van der Waals surface area (Å²) in [4.78, 5) is 2.59. The van der Waals surface area contributed by atoms with Gasteiger partial charge in [0.2, 0.25) is 0 Å². The molecule has 1 aliphatic heterocycles. The number of fused-ring (bicyclic) bond motifs is 1. The Kier molecular flexibility index (Phi) is 6.10. The Morgan fingerprint density at radius 2 is 1.90 bits per heavy atom. The predicted octanol–water partition coefficient (Wildman–Crippen LogP) is 4.52. The van der Waals surface area contributed by atoms with Crippen molar-refractivity contribution in [3.8, 4) is 0 Å². The highest BCUT2D eigenvalue weighted by atomic mass is 15.2. The van der Waals surface area contributed by atoms with Crippen molar-refractivity contribution in [2.45, 2.75) is 70.8 Å². The lowest BCUT2D eigenvalue weighted by molar-refractivity contribution is 0.372. The van der Waals surface area contributed by atoms with Gasteiger partial charge in [0, 0.05) is 24.3 Å². The molecule has 1 aliphatic rings. The Balaban J connectivity index is 2.03. The minimum absolute atomic E-state index is 0.114. The number of hydrogen-bond donors (Lipinski definition) is 1. The fraction of sp³-hybridized carbons (Fsp3) is 0.684. The van der Waals surface area contributed by atoms with E-state index in [9.17, 15) is 0 Å². The first-order valence-electron chi connectivity index (χ1n) is 8.77. The van der Waals surface area contributed by atoms with Gasteiger partial charge in [-0.15, -0.1) is 0 Å². The molecule has 0 spiro atoms. The third-order valence-electron chi connectivity index (χ3n) is 5.02. The maximum Gasteiger partial charge on any atom is 0.0496 e. The lowest BCUT2D eigenvalue weighted by Crippen LogP contribution is -2.53. The molecule has 2 rings (SSSR count). The maximum atomic E-state index is 6.19. The largest absolute Gasteiger partial charge is 0.365 e. The molecule has 0 bridgehead atoms. The number of aryl methyl sites for hydroxylation is 1. The van der Waals surface area contributed by atoms with Gasteiger partial charge in [-0.1, -0.05) is 57.2 Å². The molecular weight excluding hydrogens is 256 g/mol. The van der Waals surface area contributed by atoms with E-state index in [0.717, 1.165) is 13.1 Å².